The molecule has 2 N–H and O–H groups in total. The van der Waals surface area contributed by atoms with Gasteiger partial charge in [-0.2, -0.15) is 0 Å². The van der Waals surface area contributed by atoms with Gasteiger partial charge in [0.2, 0.25) is 5.91 Å². The zero-order chi connectivity index (χ0) is 15.3. The van der Waals surface area contributed by atoms with Crippen LogP contribution in [0.1, 0.15) is 45.1 Å². The first-order valence-corrected chi connectivity index (χ1v) is 7.70. The van der Waals surface area contributed by atoms with E-state index in [1.165, 1.54) is 0 Å². The highest BCUT2D eigenvalue weighted by atomic mass is 16.5. The van der Waals surface area contributed by atoms with Crippen molar-refractivity contribution in [2.24, 2.45) is 0 Å². The van der Waals surface area contributed by atoms with Gasteiger partial charge in [0.1, 0.15) is 5.75 Å². The van der Waals surface area contributed by atoms with Crippen LogP contribution < -0.4 is 10.1 Å². The number of nitrogens with one attached hydrogen (secondary N) is 1. The van der Waals surface area contributed by atoms with Crippen molar-refractivity contribution < 1.29 is 14.6 Å². The SMILES string of the molecule is CC(C)Oc1cccc(CC(=O)NC2(CO)CCCC2)c1. The molecule has 1 saturated carbocycles. The van der Waals surface area contributed by atoms with Gasteiger partial charge in [0, 0.05) is 0 Å². The highest BCUT2D eigenvalue weighted by Crippen LogP contribution is 2.29. The van der Waals surface area contributed by atoms with Crippen molar-refractivity contribution in [3.63, 3.8) is 0 Å². The van der Waals surface area contributed by atoms with E-state index in [4.69, 9.17) is 4.74 Å². The Morgan fingerprint density at radius 1 is 1.38 bits per heavy atom. The third-order valence-electron chi connectivity index (χ3n) is 3.90. The molecule has 1 aliphatic rings. The first-order chi connectivity index (χ1) is 10.0. The second kappa shape index (κ2) is 6.94. The quantitative estimate of drug-likeness (QED) is 0.846. The largest absolute Gasteiger partial charge is 0.491 e. The minimum Gasteiger partial charge on any atom is -0.491 e. The number of carbonyl (C=O) groups excluding carboxylic acids is 1. The molecule has 1 fully saturated rings. The van der Waals surface area contributed by atoms with E-state index in [-0.39, 0.29) is 18.6 Å². The van der Waals surface area contributed by atoms with Gasteiger partial charge in [-0.1, -0.05) is 25.0 Å². The molecule has 4 nitrogen and oxygen atoms in total. The second-order valence-corrected chi connectivity index (χ2v) is 6.18. The molecule has 0 bridgehead atoms. The fourth-order valence-corrected chi connectivity index (χ4v) is 2.90. The lowest BCUT2D eigenvalue weighted by Crippen LogP contribution is -2.49. The predicted molar refractivity (Wildman–Crippen MR) is 82.3 cm³/mol. The molecule has 1 aliphatic carbocycles. The van der Waals surface area contributed by atoms with Gasteiger partial charge in [-0.3, -0.25) is 4.79 Å². The van der Waals surface area contributed by atoms with E-state index in [1.54, 1.807) is 0 Å². The zero-order valence-electron chi connectivity index (χ0n) is 12.9. The summed E-state index contributed by atoms with van der Waals surface area (Å²) in [6.45, 7) is 3.98. The molecule has 4 heteroatoms. The van der Waals surface area contributed by atoms with E-state index in [0.29, 0.717) is 6.42 Å². The Morgan fingerprint density at radius 2 is 2.10 bits per heavy atom. The van der Waals surface area contributed by atoms with E-state index in [1.807, 2.05) is 38.1 Å². The average Bonchev–Trinajstić information content (AvgIpc) is 2.87. The van der Waals surface area contributed by atoms with E-state index in [0.717, 1.165) is 37.0 Å². The summed E-state index contributed by atoms with van der Waals surface area (Å²) in [4.78, 5) is 12.2. The molecular formula is C17H25NO3. The van der Waals surface area contributed by atoms with Crippen molar-refractivity contribution in [3.8, 4) is 5.75 Å². The lowest BCUT2D eigenvalue weighted by Gasteiger charge is -2.28. The Balaban J connectivity index is 1.96. The molecule has 0 heterocycles. The first kappa shape index (κ1) is 15.8. The van der Waals surface area contributed by atoms with Gasteiger partial charge in [-0.15, -0.1) is 0 Å². The molecule has 0 radical (unpaired) electrons. The molecular weight excluding hydrogens is 266 g/mol. The van der Waals surface area contributed by atoms with Crippen molar-refractivity contribution in [1.29, 1.82) is 0 Å². The number of benzene rings is 1. The van der Waals surface area contributed by atoms with Gasteiger partial charge in [0.05, 0.1) is 24.7 Å². The third kappa shape index (κ3) is 4.46. The van der Waals surface area contributed by atoms with Crippen molar-refractivity contribution in [3.05, 3.63) is 29.8 Å². The summed E-state index contributed by atoms with van der Waals surface area (Å²) >= 11 is 0. The Labute approximate surface area is 126 Å². The maximum absolute atomic E-state index is 12.2. The molecule has 2 rings (SSSR count). The van der Waals surface area contributed by atoms with Crippen LogP contribution in [0.25, 0.3) is 0 Å². The van der Waals surface area contributed by atoms with Crippen LogP contribution in [-0.4, -0.2) is 29.3 Å². The molecule has 0 unspecified atom stereocenters. The van der Waals surface area contributed by atoms with E-state index in [2.05, 4.69) is 5.32 Å². The van der Waals surface area contributed by atoms with Crippen molar-refractivity contribution in [1.82, 2.24) is 5.32 Å². The monoisotopic (exact) mass is 291 g/mol. The molecule has 0 aliphatic heterocycles. The fourth-order valence-electron chi connectivity index (χ4n) is 2.90. The van der Waals surface area contributed by atoms with Gasteiger partial charge in [-0.25, -0.2) is 0 Å². The van der Waals surface area contributed by atoms with Crippen LogP contribution in [-0.2, 0) is 11.2 Å². The molecule has 0 saturated heterocycles. The molecule has 116 valence electrons. The van der Waals surface area contributed by atoms with E-state index in [9.17, 15) is 9.90 Å². The normalized spacial score (nSPS) is 17.0. The smallest absolute Gasteiger partial charge is 0.224 e. The summed E-state index contributed by atoms with van der Waals surface area (Å²) in [6.07, 6.45) is 4.30. The van der Waals surface area contributed by atoms with Gasteiger partial charge < -0.3 is 15.2 Å². The number of rotatable bonds is 6. The molecule has 0 spiro atoms. The Hall–Kier alpha value is -1.55. The topological polar surface area (TPSA) is 58.6 Å². The van der Waals surface area contributed by atoms with Crippen molar-refractivity contribution in [2.75, 3.05) is 6.61 Å². The molecule has 1 aromatic rings. The highest BCUT2D eigenvalue weighted by molar-refractivity contribution is 5.79. The van der Waals surface area contributed by atoms with Crippen LogP contribution in [0.3, 0.4) is 0 Å². The van der Waals surface area contributed by atoms with Crippen LogP contribution >= 0.6 is 0 Å². The number of hydrogen-bond acceptors (Lipinski definition) is 3. The van der Waals surface area contributed by atoms with E-state index >= 15 is 0 Å². The Bertz CT molecular complexity index is 479. The zero-order valence-corrected chi connectivity index (χ0v) is 12.9. The lowest BCUT2D eigenvalue weighted by atomic mass is 9.98. The maximum Gasteiger partial charge on any atom is 0.224 e. The summed E-state index contributed by atoms with van der Waals surface area (Å²) in [7, 11) is 0. The van der Waals surface area contributed by atoms with Gasteiger partial charge >= 0.3 is 0 Å². The number of aliphatic hydroxyl groups excluding tert-OH is 1. The predicted octanol–water partition coefficient (Wildman–Crippen LogP) is 2.44. The summed E-state index contributed by atoms with van der Waals surface area (Å²) in [6, 6.07) is 7.62. The van der Waals surface area contributed by atoms with Crippen LogP contribution in [0.5, 0.6) is 5.75 Å². The van der Waals surface area contributed by atoms with Gasteiger partial charge in [0.15, 0.2) is 0 Å². The minimum atomic E-state index is -0.400. The fraction of sp³-hybridized carbons (Fsp3) is 0.588. The molecule has 0 atom stereocenters. The number of amides is 1. The van der Waals surface area contributed by atoms with Crippen LogP contribution in [0, 0.1) is 0 Å². The Morgan fingerprint density at radius 3 is 2.71 bits per heavy atom. The molecule has 0 aromatic heterocycles. The minimum absolute atomic E-state index is 0.0231. The molecule has 21 heavy (non-hydrogen) atoms. The number of carbonyl (C=O) groups is 1. The van der Waals surface area contributed by atoms with Gasteiger partial charge in [0.25, 0.3) is 0 Å². The molecule has 1 amide bonds. The maximum atomic E-state index is 12.2. The summed E-state index contributed by atoms with van der Waals surface area (Å²) in [5, 5.41) is 12.6. The van der Waals surface area contributed by atoms with Crippen LogP contribution in [0.2, 0.25) is 0 Å². The van der Waals surface area contributed by atoms with Gasteiger partial charge in [-0.05, 0) is 44.4 Å². The number of aliphatic hydroxyl groups is 1. The summed E-state index contributed by atoms with van der Waals surface area (Å²) in [5.74, 6) is 0.751. The number of ether oxygens (including phenoxy) is 1. The molecule has 1 aromatic carbocycles. The summed E-state index contributed by atoms with van der Waals surface area (Å²) in [5.41, 5.74) is 0.528. The van der Waals surface area contributed by atoms with Crippen LogP contribution in [0.4, 0.5) is 0 Å². The van der Waals surface area contributed by atoms with E-state index < -0.39 is 5.54 Å². The lowest BCUT2D eigenvalue weighted by molar-refractivity contribution is -0.122. The second-order valence-electron chi connectivity index (χ2n) is 6.18. The standard InChI is InChI=1S/C17H25NO3/c1-13(2)21-15-7-5-6-14(10-15)11-16(20)18-17(12-19)8-3-4-9-17/h5-7,10,13,19H,3-4,8-9,11-12H2,1-2H3,(H,18,20). The van der Waals surface area contributed by atoms with Crippen LogP contribution in [0.15, 0.2) is 24.3 Å². The highest BCUT2D eigenvalue weighted by Gasteiger charge is 2.34. The number of hydrogen-bond donors (Lipinski definition) is 2. The van der Waals surface area contributed by atoms with Crippen molar-refractivity contribution in [2.45, 2.75) is 57.6 Å². The third-order valence-corrected chi connectivity index (χ3v) is 3.90. The summed E-state index contributed by atoms with van der Waals surface area (Å²) < 4.78 is 5.64. The Kier molecular flexibility index (Phi) is 5.23. The average molecular weight is 291 g/mol. The first-order valence-electron chi connectivity index (χ1n) is 7.70. The van der Waals surface area contributed by atoms with Crippen molar-refractivity contribution >= 4 is 5.91 Å².